The van der Waals surface area contributed by atoms with Crippen LogP contribution in [0.15, 0.2) is 12.1 Å². The van der Waals surface area contributed by atoms with Gasteiger partial charge in [0.05, 0.1) is 0 Å². The molecule has 1 rings (SSSR count). The molecule has 1 aromatic carbocycles. The molecule has 1 aromatic rings. The average molecular weight is 253 g/mol. The lowest BCUT2D eigenvalue weighted by Crippen LogP contribution is -2.35. The maximum atomic E-state index is 12.3. The topological polar surface area (TPSA) is 63.3 Å². The van der Waals surface area contributed by atoms with E-state index in [0.717, 1.165) is 16.7 Å². The molecule has 4 heteroatoms. The van der Waals surface area contributed by atoms with Crippen molar-refractivity contribution >= 4 is 15.0 Å². The summed E-state index contributed by atoms with van der Waals surface area (Å²) in [7, 11) is 2.21. The highest BCUT2D eigenvalue weighted by atomic mass is 31.0. The van der Waals surface area contributed by atoms with E-state index in [1.807, 2.05) is 32.9 Å². The molecule has 0 bridgehead atoms. The van der Waals surface area contributed by atoms with Crippen molar-refractivity contribution in [1.29, 1.82) is 0 Å². The van der Waals surface area contributed by atoms with Gasteiger partial charge in [-0.05, 0) is 44.9 Å². The average Bonchev–Trinajstić information content (AvgIpc) is 2.15. The highest BCUT2D eigenvalue weighted by molar-refractivity contribution is 7.20. The molecule has 2 atom stereocenters. The van der Waals surface area contributed by atoms with E-state index >= 15 is 0 Å². The minimum Gasteiger partial charge on any atom is -0.378 e. The van der Waals surface area contributed by atoms with Gasteiger partial charge in [0.1, 0.15) is 5.34 Å². The minimum atomic E-state index is -1.46. The van der Waals surface area contributed by atoms with E-state index in [9.17, 15) is 9.90 Å². The van der Waals surface area contributed by atoms with Crippen LogP contribution in [0.25, 0.3) is 0 Å². The van der Waals surface area contributed by atoms with Gasteiger partial charge in [-0.1, -0.05) is 26.9 Å². The third-order valence-corrected chi connectivity index (χ3v) is 3.37. The molecule has 0 spiro atoms. The summed E-state index contributed by atoms with van der Waals surface area (Å²) in [5, 5.41) is 8.63. The highest BCUT2D eigenvalue weighted by Crippen LogP contribution is 2.28. The lowest BCUT2D eigenvalue weighted by molar-refractivity contribution is 0.0643. The number of carbonyl (C=O) groups is 1. The second-order valence-electron chi connectivity index (χ2n) is 4.57. The fourth-order valence-corrected chi connectivity index (χ4v) is 2.40. The first-order chi connectivity index (χ1) is 7.79. The van der Waals surface area contributed by atoms with Crippen LogP contribution in [0.3, 0.4) is 0 Å². The number of rotatable bonds is 4. The van der Waals surface area contributed by atoms with Crippen LogP contribution < -0.4 is 5.73 Å². The Morgan fingerprint density at radius 1 is 1.35 bits per heavy atom. The van der Waals surface area contributed by atoms with Gasteiger partial charge in [0.2, 0.25) is 0 Å². The second-order valence-corrected chi connectivity index (χ2v) is 5.52. The molecule has 0 heterocycles. The summed E-state index contributed by atoms with van der Waals surface area (Å²) < 4.78 is 0. The minimum absolute atomic E-state index is 0.239. The van der Waals surface area contributed by atoms with Crippen molar-refractivity contribution in [2.24, 2.45) is 5.73 Å². The Hall–Kier alpha value is -0.760. The fraction of sp³-hybridized carbons (Fsp3) is 0.462. The van der Waals surface area contributed by atoms with Gasteiger partial charge in [0, 0.05) is 5.56 Å². The first-order valence-corrected chi connectivity index (χ1v) is 6.21. The number of aryl methyl sites for hydroxylation is 3. The van der Waals surface area contributed by atoms with Crippen LogP contribution in [0, 0.1) is 20.8 Å². The number of nitrogens with two attached hydrogens (primary N) is 1. The summed E-state index contributed by atoms with van der Waals surface area (Å²) in [6.07, 6.45) is 0.239. The number of benzene rings is 1. The van der Waals surface area contributed by atoms with E-state index in [4.69, 9.17) is 5.73 Å². The third kappa shape index (κ3) is 3.12. The van der Waals surface area contributed by atoms with Crippen LogP contribution in [0.1, 0.15) is 33.5 Å². The van der Waals surface area contributed by atoms with Crippen LogP contribution in [-0.4, -0.2) is 22.8 Å². The van der Waals surface area contributed by atoms with Crippen LogP contribution in [0.5, 0.6) is 0 Å². The van der Waals surface area contributed by atoms with Crippen LogP contribution in [0.2, 0.25) is 0 Å². The molecule has 0 saturated carbocycles. The zero-order valence-corrected chi connectivity index (χ0v) is 11.7. The van der Waals surface area contributed by atoms with Gasteiger partial charge < -0.3 is 10.8 Å². The van der Waals surface area contributed by atoms with E-state index in [0.29, 0.717) is 5.56 Å². The molecule has 17 heavy (non-hydrogen) atoms. The van der Waals surface area contributed by atoms with Gasteiger partial charge in [-0.25, -0.2) is 0 Å². The predicted molar refractivity (Wildman–Crippen MR) is 73.3 cm³/mol. The van der Waals surface area contributed by atoms with Crippen molar-refractivity contribution in [3.05, 3.63) is 34.4 Å². The van der Waals surface area contributed by atoms with Crippen LogP contribution >= 0.6 is 9.24 Å². The molecule has 0 saturated heterocycles. The van der Waals surface area contributed by atoms with Crippen molar-refractivity contribution in [1.82, 2.24) is 0 Å². The van der Waals surface area contributed by atoms with Crippen molar-refractivity contribution in [3.63, 3.8) is 0 Å². The Kier molecular flexibility index (Phi) is 4.42. The predicted octanol–water partition coefficient (Wildman–Crippen LogP) is 1.71. The lowest BCUT2D eigenvalue weighted by atomic mass is 9.93. The Labute approximate surface area is 105 Å². The third-order valence-electron chi connectivity index (χ3n) is 2.82. The number of Topliss-reactive ketones (excluding diaryl/α,β-unsaturated/α-hetero) is 1. The molecule has 0 amide bonds. The molecule has 94 valence electrons. The SMILES string of the molecule is Cc1cc(C)c(C(=O)C(O)(P)CCN)c(C)c1. The molecule has 3 nitrogen and oxygen atoms in total. The summed E-state index contributed by atoms with van der Waals surface area (Å²) in [4.78, 5) is 12.3. The summed E-state index contributed by atoms with van der Waals surface area (Å²) in [5.74, 6) is -0.275. The molecule has 2 unspecified atom stereocenters. The summed E-state index contributed by atoms with van der Waals surface area (Å²) in [5.41, 5.74) is 8.91. The van der Waals surface area contributed by atoms with E-state index in [-0.39, 0.29) is 18.7 Å². The number of aliphatic hydroxyl groups is 1. The largest absolute Gasteiger partial charge is 0.378 e. The summed E-state index contributed by atoms with van der Waals surface area (Å²) in [6.45, 7) is 6.03. The van der Waals surface area contributed by atoms with Crippen LogP contribution in [-0.2, 0) is 0 Å². The van der Waals surface area contributed by atoms with Crippen LogP contribution in [0.4, 0.5) is 0 Å². The first kappa shape index (κ1) is 14.3. The Morgan fingerprint density at radius 2 is 1.82 bits per heavy atom. The molecule has 0 aliphatic carbocycles. The second kappa shape index (κ2) is 5.26. The molecule has 0 radical (unpaired) electrons. The smallest absolute Gasteiger partial charge is 0.198 e. The number of hydrogen-bond donors (Lipinski definition) is 2. The fourth-order valence-electron chi connectivity index (χ4n) is 2.09. The van der Waals surface area contributed by atoms with Gasteiger partial charge in [0.15, 0.2) is 5.78 Å². The quantitative estimate of drug-likeness (QED) is 0.634. The van der Waals surface area contributed by atoms with E-state index < -0.39 is 5.34 Å². The van der Waals surface area contributed by atoms with Crippen molar-refractivity contribution < 1.29 is 9.90 Å². The van der Waals surface area contributed by atoms with Gasteiger partial charge in [-0.3, -0.25) is 4.79 Å². The first-order valence-electron chi connectivity index (χ1n) is 5.63. The van der Waals surface area contributed by atoms with Gasteiger partial charge in [-0.15, -0.1) is 0 Å². The van der Waals surface area contributed by atoms with Gasteiger partial charge >= 0.3 is 0 Å². The number of ketones is 1. The molecular weight excluding hydrogens is 233 g/mol. The van der Waals surface area contributed by atoms with Gasteiger partial charge in [0.25, 0.3) is 0 Å². The van der Waals surface area contributed by atoms with Crippen molar-refractivity contribution in [2.45, 2.75) is 32.5 Å². The molecule has 0 aliphatic rings. The van der Waals surface area contributed by atoms with Crippen molar-refractivity contribution in [3.8, 4) is 0 Å². The Bertz CT molecular complexity index is 418. The van der Waals surface area contributed by atoms with E-state index in [1.54, 1.807) is 0 Å². The normalized spacial score (nSPS) is 14.5. The van der Waals surface area contributed by atoms with E-state index in [1.165, 1.54) is 0 Å². The standard InChI is InChI=1S/C13H20NO2P/c1-8-6-9(2)11(10(3)7-8)12(15)13(16,17)4-5-14/h6-7,16H,4-5,14,17H2,1-3H3. The lowest BCUT2D eigenvalue weighted by Gasteiger charge is -2.23. The number of carbonyl (C=O) groups excluding carboxylic acids is 1. The molecular formula is C13H20NO2P. The van der Waals surface area contributed by atoms with E-state index in [2.05, 4.69) is 9.24 Å². The maximum Gasteiger partial charge on any atom is 0.198 e. The zero-order valence-electron chi connectivity index (χ0n) is 10.6. The zero-order chi connectivity index (χ0) is 13.2. The molecule has 3 N–H and O–H groups in total. The number of hydrogen-bond acceptors (Lipinski definition) is 3. The monoisotopic (exact) mass is 253 g/mol. The summed E-state index contributed by atoms with van der Waals surface area (Å²) >= 11 is 0. The van der Waals surface area contributed by atoms with Gasteiger partial charge in [-0.2, -0.15) is 0 Å². The maximum absolute atomic E-state index is 12.3. The molecule has 0 aliphatic heterocycles. The molecule has 0 aromatic heterocycles. The highest BCUT2D eigenvalue weighted by Gasteiger charge is 2.32. The Balaban J connectivity index is 3.21. The summed E-state index contributed by atoms with van der Waals surface area (Å²) in [6, 6.07) is 3.90. The van der Waals surface area contributed by atoms with Crippen molar-refractivity contribution in [2.75, 3.05) is 6.54 Å². The Morgan fingerprint density at radius 3 is 2.24 bits per heavy atom. The molecule has 0 fully saturated rings.